The molecule has 0 radical (unpaired) electrons. The number of hydrogen-bond acceptors (Lipinski definition) is 3. The van der Waals surface area contributed by atoms with Gasteiger partial charge in [-0.1, -0.05) is 17.7 Å². The number of aryl methyl sites for hydroxylation is 3. The average Bonchev–Trinajstić information content (AvgIpc) is 2.34. The van der Waals surface area contributed by atoms with Gasteiger partial charge in [0.1, 0.15) is 6.10 Å². The molecule has 18 heavy (non-hydrogen) atoms. The van der Waals surface area contributed by atoms with E-state index in [4.69, 9.17) is 9.47 Å². The molecule has 0 aromatic heterocycles. The summed E-state index contributed by atoms with van der Waals surface area (Å²) in [5.74, 6) is 0. The van der Waals surface area contributed by atoms with Crippen molar-refractivity contribution >= 4 is 0 Å². The number of ether oxygens (including phenoxy) is 2. The molecule has 1 aliphatic heterocycles. The first-order chi connectivity index (χ1) is 8.63. The molecule has 0 bridgehead atoms. The van der Waals surface area contributed by atoms with E-state index in [2.05, 4.69) is 38.2 Å². The normalized spacial score (nSPS) is 21.9. The molecule has 2 unspecified atom stereocenters. The minimum Gasteiger partial charge on any atom is -0.376 e. The zero-order valence-electron chi connectivity index (χ0n) is 11.7. The van der Waals surface area contributed by atoms with E-state index in [1.807, 2.05) is 7.05 Å². The molecular formula is C15H23NO2. The minimum absolute atomic E-state index is 0.101. The first kappa shape index (κ1) is 13.5. The molecule has 1 aromatic carbocycles. The second-order valence-corrected chi connectivity index (χ2v) is 5.06. The van der Waals surface area contributed by atoms with Gasteiger partial charge in [-0.3, -0.25) is 0 Å². The maximum Gasteiger partial charge on any atom is 0.100 e. The molecule has 3 nitrogen and oxygen atoms in total. The van der Waals surface area contributed by atoms with E-state index >= 15 is 0 Å². The Morgan fingerprint density at radius 3 is 2.33 bits per heavy atom. The molecule has 3 heteroatoms. The number of rotatable bonds is 3. The maximum absolute atomic E-state index is 5.84. The van der Waals surface area contributed by atoms with E-state index in [0.29, 0.717) is 19.8 Å². The number of likely N-dealkylation sites (N-methyl/N-ethyl adjacent to an activating group) is 1. The standard InChI is InChI=1S/C15H23NO2/c1-10-7-11(2)14(12(3)8-10)15(16-4)13-9-17-5-6-18-13/h7-8,13,15-16H,5-6,9H2,1-4H3. The van der Waals surface area contributed by atoms with Crippen molar-refractivity contribution in [3.05, 3.63) is 34.4 Å². The summed E-state index contributed by atoms with van der Waals surface area (Å²) in [7, 11) is 1.99. The lowest BCUT2D eigenvalue weighted by atomic mass is 9.91. The molecule has 1 fully saturated rings. The summed E-state index contributed by atoms with van der Waals surface area (Å²) >= 11 is 0. The molecule has 0 aliphatic carbocycles. The zero-order valence-corrected chi connectivity index (χ0v) is 11.7. The predicted molar refractivity (Wildman–Crippen MR) is 73.0 cm³/mol. The Morgan fingerprint density at radius 1 is 1.17 bits per heavy atom. The summed E-state index contributed by atoms with van der Waals surface area (Å²) < 4.78 is 11.4. The van der Waals surface area contributed by atoms with Gasteiger partial charge >= 0.3 is 0 Å². The molecular weight excluding hydrogens is 226 g/mol. The van der Waals surface area contributed by atoms with Gasteiger partial charge in [0, 0.05) is 0 Å². The molecule has 2 rings (SSSR count). The van der Waals surface area contributed by atoms with Crippen LogP contribution in [0.25, 0.3) is 0 Å². The Labute approximate surface area is 109 Å². The third-order valence-corrected chi connectivity index (χ3v) is 3.57. The number of benzene rings is 1. The lowest BCUT2D eigenvalue weighted by molar-refractivity contribution is -0.101. The van der Waals surface area contributed by atoms with Crippen molar-refractivity contribution in [2.45, 2.75) is 32.9 Å². The summed E-state index contributed by atoms with van der Waals surface area (Å²) in [5.41, 5.74) is 5.30. The smallest absolute Gasteiger partial charge is 0.100 e. The van der Waals surface area contributed by atoms with Gasteiger partial charge in [0.15, 0.2) is 0 Å². The van der Waals surface area contributed by atoms with E-state index in [1.54, 1.807) is 0 Å². The van der Waals surface area contributed by atoms with Gasteiger partial charge in [0.05, 0.1) is 25.9 Å². The van der Waals surface area contributed by atoms with Gasteiger partial charge in [0.25, 0.3) is 0 Å². The number of hydrogen-bond donors (Lipinski definition) is 1. The highest BCUT2D eigenvalue weighted by molar-refractivity contribution is 5.40. The van der Waals surface area contributed by atoms with Crippen LogP contribution in [0.4, 0.5) is 0 Å². The van der Waals surface area contributed by atoms with Crippen LogP contribution in [0.5, 0.6) is 0 Å². The quantitative estimate of drug-likeness (QED) is 0.891. The Kier molecular flexibility index (Phi) is 4.38. The third kappa shape index (κ3) is 2.74. The molecule has 0 saturated carbocycles. The first-order valence-electron chi connectivity index (χ1n) is 6.58. The van der Waals surface area contributed by atoms with Crippen LogP contribution in [0.2, 0.25) is 0 Å². The van der Waals surface area contributed by atoms with Crippen LogP contribution in [0.15, 0.2) is 12.1 Å². The van der Waals surface area contributed by atoms with E-state index in [1.165, 1.54) is 22.3 Å². The molecule has 0 amide bonds. The van der Waals surface area contributed by atoms with Crippen molar-refractivity contribution in [2.75, 3.05) is 26.9 Å². The molecule has 1 heterocycles. The largest absolute Gasteiger partial charge is 0.376 e. The fourth-order valence-electron chi connectivity index (χ4n) is 2.90. The Bertz CT molecular complexity index is 388. The lowest BCUT2D eigenvalue weighted by Gasteiger charge is -2.32. The lowest BCUT2D eigenvalue weighted by Crippen LogP contribution is -2.40. The van der Waals surface area contributed by atoms with Crippen LogP contribution in [-0.4, -0.2) is 33.0 Å². The second-order valence-electron chi connectivity index (χ2n) is 5.06. The van der Waals surface area contributed by atoms with Crippen molar-refractivity contribution in [1.29, 1.82) is 0 Å². The molecule has 1 N–H and O–H groups in total. The third-order valence-electron chi connectivity index (χ3n) is 3.57. The maximum atomic E-state index is 5.84. The molecule has 1 saturated heterocycles. The summed E-state index contributed by atoms with van der Waals surface area (Å²) in [4.78, 5) is 0. The van der Waals surface area contributed by atoms with Crippen molar-refractivity contribution in [2.24, 2.45) is 0 Å². The van der Waals surface area contributed by atoms with Gasteiger partial charge in [-0.2, -0.15) is 0 Å². The summed E-state index contributed by atoms with van der Waals surface area (Å²) in [6.07, 6.45) is 0.101. The molecule has 100 valence electrons. The van der Waals surface area contributed by atoms with Crippen LogP contribution >= 0.6 is 0 Å². The van der Waals surface area contributed by atoms with Gasteiger partial charge < -0.3 is 14.8 Å². The van der Waals surface area contributed by atoms with Crippen LogP contribution in [-0.2, 0) is 9.47 Å². The molecule has 2 atom stereocenters. The molecule has 0 spiro atoms. The Balaban J connectivity index is 2.32. The minimum atomic E-state index is 0.101. The highest BCUT2D eigenvalue weighted by atomic mass is 16.6. The molecule has 1 aromatic rings. The summed E-state index contributed by atoms with van der Waals surface area (Å²) in [6, 6.07) is 4.66. The predicted octanol–water partition coefficient (Wildman–Crippen LogP) is 2.29. The van der Waals surface area contributed by atoms with Crippen molar-refractivity contribution < 1.29 is 9.47 Å². The van der Waals surface area contributed by atoms with Gasteiger partial charge in [-0.15, -0.1) is 0 Å². The Morgan fingerprint density at radius 2 is 1.83 bits per heavy atom. The highest BCUT2D eigenvalue weighted by Gasteiger charge is 2.27. The Hall–Kier alpha value is -0.900. The van der Waals surface area contributed by atoms with Gasteiger partial charge in [-0.05, 0) is 44.5 Å². The molecule has 1 aliphatic rings. The van der Waals surface area contributed by atoms with Crippen LogP contribution in [0, 0.1) is 20.8 Å². The van der Waals surface area contributed by atoms with E-state index in [9.17, 15) is 0 Å². The van der Waals surface area contributed by atoms with E-state index in [0.717, 1.165) is 0 Å². The monoisotopic (exact) mass is 249 g/mol. The van der Waals surface area contributed by atoms with Crippen molar-refractivity contribution in [1.82, 2.24) is 5.32 Å². The van der Waals surface area contributed by atoms with Crippen molar-refractivity contribution in [3.8, 4) is 0 Å². The second kappa shape index (κ2) is 5.83. The highest BCUT2D eigenvalue weighted by Crippen LogP contribution is 2.28. The summed E-state index contributed by atoms with van der Waals surface area (Å²) in [5, 5.41) is 3.38. The first-order valence-corrected chi connectivity index (χ1v) is 6.58. The van der Waals surface area contributed by atoms with Crippen LogP contribution in [0.3, 0.4) is 0 Å². The van der Waals surface area contributed by atoms with Gasteiger partial charge in [0.2, 0.25) is 0 Å². The van der Waals surface area contributed by atoms with Gasteiger partial charge in [-0.25, -0.2) is 0 Å². The fourth-order valence-corrected chi connectivity index (χ4v) is 2.90. The number of nitrogens with one attached hydrogen (secondary N) is 1. The van der Waals surface area contributed by atoms with Crippen LogP contribution in [0.1, 0.15) is 28.3 Å². The van der Waals surface area contributed by atoms with Crippen LogP contribution < -0.4 is 5.32 Å². The average molecular weight is 249 g/mol. The SMILES string of the molecule is CNC(c1c(C)cc(C)cc1C)C1COCCO1. The van der Waals surface area contributed by atoms with Crippen molar-refractivity contribution in [3.63, 3.8) is 0 Å². The summed E-state index contributed by atoms with van der Waals surface area (Å²) in [6.45, 7) is 8.54. The van der Waals surface area contributed by atoms with E-state index < -0.39 is 0 Å². The fraction of sp³-hybridized carbons (Fsp3) is 0.600. The topological polar surface area (TPSA) is 30.5 Å². The van der Waals surface area contributed by atoms with E-state index in [-0.39, 0.29) is 12.1 Å². The zero-order chi connectivity index (χ0) is 13.1.